The Morgan fingerprint density at radius 2 is 1.33 bits per heavy atom. The molecule has 0 saturated carbocycles. The van der Waals surface area contributed by atoms with Crippen molar-refractivity contribution < 1.29 is 74.0 Å². The Labute approximate surface area is 272 Å². The van der Waals surface area contributed by atoms with Gasteiger partial charge in [0.05, 0.1) is 45.6 Å². The van der Waals surface area contributed by atoms with Crippen LogP contribution in [0, 0.1) is 5.92 Å². The number of epoxide rings is 1. The molecule has 0 radical (unpaired) electrons. The van der Waals surface area contributed by atoms with Gasteiger partial charge in [0, 0.05) is 20.2 Å². The summed E-state index contributed by atoms with van der Waals surface area (Å²) in [5, 5.41) is 7.71. The van der Waals surface area contributed by atoms with Crippen molar-refractivity contribution in [1.82, 2.24) is 26.2 Å². The number of nitrogens with one attached hydrogen (secondary N) is 4. The van der Waals surface area contributed by atoms with Crippen LogP contribution in [-0.4, -0.2) is 143 Å². The first kappa shape index (κ1) is 41.1. The molecule has 2 aliphatic rings. The van der Waals surface area contributed by atoms with E-state index in [9.17, 15) is 50.3 Å². The normalized spacial score (nSPS) is 20.9. The molecule has 0 unspecified atom stereocenters. The van der Waals surface area contributed by atoms with E-state index < -0.39 is 91.7 Å². The van der Waals surface area contributed by atoms with Gasteiger partial charge in [0.2, 0.25) is 17.7 Å². The number of rotatable bonds is 21. The van der Waals surface area contributed by atoms with Gasteiger partial charge in [-0.2, -0.15) is 26.3 Å². The zero-order valence-electron chi connectivity index (χ0n) is 26.7. The molecule has 21 heteroatoms. The second-order valence-corrected chi connectivity index (χ2v) is 11.5. The van der Waals surface area contributed by atoms with Crippen LogP contribution in [0.2, 0.25) is 0 Å². The van der Waals surface area contributed by atoms with Gasteiger partial charge in [-0.1, -0.05) is 13.8 Å². The van der Waals surface area contributed by atoms with Crippen LogP contribution in [0.3, 0.4) is 0 Å². The lowest BCUT2D eigenvalue weighted by Crippen LogP contribution is -2.64. The lowest BCUT2D eigenvalue weighted by Gasteiger charge is -2.30. The molecule has 0 aromatic rings. The van der Waals surface area contributed by atoms with Gasteiger partial charge < -0.3 is 45.0 Å². The molecular formula is C27H41F6N5O10. The number of ether oxygens (including phenoxy) is 5. The smallest absolute Gasteiger partial charge is 0.379 e. The monoisotopic (exact) mass is 709 g/mol. The van der Waals surface area contributed by atoms with Crippen molar-refractivity contribution in [3.05, 3.63) is 0 Å². The summed E-state index contributed by atoms with van der Waals surface area (Å²) in [5.41, 5.74) is -1.22. The molecule has 2 heterocycles. The lowest BCUT2D eigenvalue weighted by atomic mass is 9.93. The predicted octanol–water partition coefficient (Wildman–Crippen LogP) is -0.620. The quantitative estimate of drug-likeness (QED) is 0.0880. The van der Waals surface area contributed by atoms with Gasteiger partial charge in [-0.05, 0) is 19.3 Å². The lowest BCUT2D eigenvalue weighted by molar-refractivity contribution is -0.238. The Hall–Kier alpha value is -3.11. The molecule has 15 nitrogen and oxygen atoms in total. The first-order valence-electron chi connectivity index (χ1n) is 14.8. The average molecular weight is 710 g/mol. The Kier molecular flexibility index (Phi) is 15.9. The molecule has 0 aromatic carbocycles. The molecule has 4 N–H and O–H groups in total. The number of ketones is 1. The highest BCUT2D eigenvalue weighted by Gasteiger charge is 2.51. The van der Waals surface area contributed by atoms with Crippen molar-refractivity contribution in [3.8, 4) is 0 Å². The molecule has 0 aromatic heterocycles. The molecule has 5 atom stereocenters. The largest absolute Gasteiger partial charge is 0.384 e. The summed E-state index contributed by atoms with van der Waals surface area (Å²) in [5.74, 6) is -6.38. The minimum atomic E-state index is -4.55. The van der Waals surface area contributed by atoms with Crippen LogP contribution in [-0.2, 0) is 47.7 Å². The average Bonchev–Trinajstić information content (AvgIpc) is 3.77. The molecular weight excluding hydrogens is 668 g/mol. The van der Waals surface area contributed by atoms with Crippen molar-refractivity contribution in [1.29, 1.82) is 0 Å². The summed E-state index contributed by atoms with van der Waals surface area (Å²) in [6.07, 6.45) is -4.50. The third-order valence-corrected chi connectivity index (χ3v) is 7.13. The fourth-order valence-electron chi connectivity index (χ4n) is 4.42. The van der Waals surface area contributed by atoms with E-state index in [1.54, 1.807) is 29.4 Å². The number of alkyl halides is 6. The maximum atomic E-state index is 14.9. The number of carbonyl (C=O) groups is 5. The van der Waals surface area contributed by atoms with E-state index >= 15 is 0 Å². The highest BCUT2D eigenvalue weighted by Crippen LogP contribution is 2.29. The Morgan fingerprint density at radius 1 is 0.833 bits per heavy atom. The third kappa shape index (κ3) is 13.4. The fraction of sp³-hybridized carbons (Fsp3) is 0.815. The molecule has 4 amide bonds. The summed E-state index contributed by atoms with van der Waals surface area (Å²) in [6, 6.07) is -8.41. The van der Waals surface area contributed by atoms with E-state index in [1.807, 2.05) is 0 Å². The van der Waals surface area contributed by atoms with Crippen LogP contribution < -0.4 is 21.3 Å². The summed E-state index contributed by atoms with van der Waals surface area (Å²) < 4.78 is 104. The fourth-order valence-corrected chi connectivity index (χ4v) is 4.42. The highest BCUT2D eigenvalue weighted by molar-refractivity contribution is 5.99. The summed E-state index contributed by atoms with van der Waals surface area (Å²) in [4.78, 5) is 66.3. The molecule has 2 fully saturated rings. The number of morpholine rings is 1. The first-order valence-corrected chi connectivity index (χ1v) is 14.8. The summed E-state index contributed by atoms with van der Waals surface area (Å²) in [6.45, 7) is -3.56. The van der Waals surface area contributed by atoms with Gasteiger partial charge in [-0.3, -0.25) is 28.9 Å². The van der Waals surface area contributed by atoms with Crippen LogP contribution >= 0.6 is 0 Å². The van der Waals surface area contributed by atoms with Crippen LogP contribution in [0.25, 0.3) is 0 Å². The van der Waals surface area contributed by atoms with E-state index in [2.05, 4.69) is 24.8 Å². The van der Waals surface area contributed by atoms with Gasteiger partial charge in [-0.15, -0.1) is 0 Å². The number of methoxy groups -OCH3 is 1. The minimum absolute atomic E-state index is 0.0510. The number of carbonyl (C=O) groups excluding carboxylic acids is 5. The van der Waals surface area contributed by atoms with Gasteiger partial charge in [0.15, 0.2) is 11.8 Å². The third-order valence-electron chi connectivity index (χ3n) is 7.13. The summed E-state index contributed by atoms with van der Waals surface area (Å²) in [7, 11) is 0.445. The minimum Gasteiger partial charge on any atom is -0.379 e. The van der Waals surface area contributed by atoms with E-state index in [1.165, 1.54) is 6.92 Å². The molecule has 2 rings (SSSR count). The first-order chi connectivity index (χ1) is 22.4. The van der Waals surface area contributed by atoms with E-state index in [-0.39, 0.29) is 25.5 Å². The van der Waals surface area contributed by atoms with Crippen LogP contribution in [0.15, 0.2) is 0 Å². The summed E-state index contributed by atoms with van der Waals surface area (Å²) >= 11 is 0. The second kappa shape index (κ2) is 18.6. The van der Waals surface area contributed by atoms with Gasteiger partial charge in [-0.25, -0.2) is 0 Å². The zero-order valence-corrected chi connectivity index (χ0v) is 26.7. The molecule has 2 saturated heterocycles. The maximum absolute atomic E-state index is 14.9. The molecule has 0 bridgehead atoms. The second-order valence-electron chi connectivity index (χ2n) is 11.5. The number of halogens is 6. The number of hydrogen-bond acceptors (Lipinski definition) is 11. The van der Waals surface area contributed by atoms with Crippen LogP contribution in [0.4, 0.5) is 26.3 Å². The number of amides is 4. The number of Topliss-reactive ketones (excluding diaryl/α,β-unsaturated/α-hetero) is 1. The molecule has 0 aliphatic carbocycles. The van der Waals surface area contributed by atoms with E-state index in [0.29, 0.717) is 33.4 Å². The molecule has 2 aliphatic heterocycles. The topological polar surface area (TPSA) is 186 Å². The van der Waals surface area contributed by atoms with Crippen LogP contribution in [0.1, 0.15) is 27.2 Å². The van der Waals surface area contributed by atoms with Crippen molar-refractivity contribution >= 4 is 29.4 Å². The van der Waals surface area contributed by atoms with Crippen molar-refractivity contribution in [2.45, 2.75) is 76.3 Å². The molecule has 276 valence electrons. The zero-order chi connectivity index (χ0) is 36.2. The Bertz CT molecular complexity index is 1110. The van der Waals surface area contributed by atoms with Gasteiger partial charge in [0.25, 0.3) is 5.91 Å². The van der Waals surface area contributed by atoms with Crippen LogP contribution in [0.5, 0.6) is 0 Å². The number of hydrogen-bond donors (Lipinski definition) is 4. The van der Waals surface area contributed by atoms with Gasteiger partial charge in [0.1, 0.15) is 17.7 Å². The van der Waals surface area contributed by atoms with Crippen molar-refractivity contribution in [2.75, 3.05) is 59.8 Å². The number of nitrogens with zero attached hydrogens (tertiary/aromatic N) is 1. The SMILES string of the molecule is COC(F)(F)[C@@H](NC(=O)[C@H](COC(F)F)NC(=O)CN1CCOCC1)C(=O)N[C@@H](COC(F)F)C(=O)N[C@@H](CC(C)C)C(=O)[C@@]1(C)CO1. The maximum Gasteiger partial charge on any atom is 0.384 e. The Balaban J connectivity index is 2.26. The predicted molar refractivity (Wildman–Crippen MR) is 150 cm³/mol. The van der Waals surface area contributed by atoms with Gasteiger partial charge >= 0.3 is 19.3 Å². The van der Waals surface area contributed by atoms with E-state index in [4.69, 9.17) is 9.47 Å². The van der Waals surface area contributed by atoms with E-state index in [0.717, 1.165) is 0 Å². The molecule has 48 heavy (non-hydrogen) atoms. The Morgan fingerprint density at radius 3 is 1.81 bits per heavy atom. The molecule has 0 spiro atoms. The standard InChI is InChI=1S/C27H41F6N5O10/c1-14(2)9-15(20(40)26(3)13-48-26)35-21(41)17(12-47-25(30)31)36-23(43)19(27(32,33)44-4)37-22(42)16(11-46-24(28)29)34-18(39)10-38-5-7-45-8-6-38/h14-17,19,24-25H,5-13H2,1-4H3,(H,34,39)(H,35,41)(H,36,43)(H,37,42)/t15-,16-,17-,19-,26+/m0/s1. The highest BCUT2D eigenvalue weighted by atomic mass is 19.3. The van der Waals surface area contributed by atoms with Crippen molar-refractivity contribution in [3.63, 3.8) is 0 Å². The van der Waals surface area contributed by atoms with Crippen molar-refractivity contribution in [2.24, 2.45) is 5.92 Å².